The Morgan fingerprint density at radius 1 is 0.554 bits per heavy atom. The molecule has 0 radical (unpaired) electrons. The van der Waals surface area contributed by atoms with Crippen LogP contribution in [0.25, 0.3) is 0 Å². The standard InChI is InChI=1S/C63H83NO10/c1-5-7-9-25-41-67-53-39-37-48(38-40-53)26-23-24-36-57(65)64-54(58-55(35-14-8-6-2)73-63(3,4)74-58)46-71-62-61(70-45-52-33-21-13-22-34-52)60(69-44-51-31-19-12-20-32-51)59(68-43-50-29-17-11-18-30-50)56(72-62)47-66-42-49-27-15-10-16-28-49/h10-13,15-22,27-34,37-40,54-56,58-62H,5-9,14,23-26,35-36,41-47H2,1-4H3,(H,64,65)/t54-,55+,56?,58-,59?,60?,61?,62?/m0/s1. The molecule has 5 aromatic rings. The van der Waals surface area contributed by atoms with Crippen molar-refractivity contribution in [2.24, 2.45) is 0 Å². The first-order chi connectivity index (χ1) is 36.3. The van der Waals surface area contributed by atoms with Crippen molar-refractivity contribution in [2.45, 2.75) is 186 Å². The summed E-state index contributed by atoms with van der Waals surface area (Å²) in [7, 11) is 0. The first-order valence-corrected chi connectivity index (χ1v) is 27.5. The van der Waals surface area contributed by atoms with Crippen LogP contribution >= 0.6 is 0 Å². The number of aryl methyl sites for hydroxylation is 1. The Morgan fingerprint density at radius 2 is 1.11 bits per heavy atom. The SMILES string of the molecule is CCCCCCOc1ccc(CCCCC(=O)N[C@@H](COC2OC(COCc3ccccc3)C(OCc3ccccc3)C(OCc3ccccc3)C2OCc2ccccc2)[C@@H]2OC(C)(C)O[C@@H]2CCCCC)cc1. The van der Waals surface area contributed by atoms with E-state index < -0.39 is 48.6 Å². The van der Waals surface area contributed by atoms with E-state index in [1.54, 1.807) is 0 Å². The fourth-order valence-corrected chi connectivity index (χ4v) is 9.69. The smallest absolute Gasteiger partial charge is 0.220 e. The van der Waals surface area contributed by atoms with Crippen LogP contribution in [0.2, 0.25) is 0 Å². The van der Waals surface area contributed by atoms with Gasteiger partial charge in [-0.05, 0) is 85.9 Å². The van der Waals surface area contributed by atoms with Gasteiger partial charge in [0, 0.05) is 6.42 Å². The summed E-state index contributed by atoms with van der Waals surface area (Å²) in [6.07, 6.45) is 7.00. The molecule has 2 fully saturated rings. The van der Waals surface area contributed by atoms with Gasteiger partial charge in [0.05, 0.1) is 58.4 Å². The summed E-state index contributed by atoms with van der Waals surface area (Å²) in [5, 5.41) is 3.37. The summed E-state index contributed by atoms with van der Waals surface area (Å²) in [5.41, 5.74) is 5.27. The van der Waals surface area contributed by atoms with Crippen molar-refractivity contribution in [3.63, 3.8) is 0 Å². The van der Waals surface area contributed by atoms with E-state index in [4.69, 9.17) is 42.6 Å². The van der Waals surface area contributed by atoms with Gasteiger partial charge in [-0.3, -0.25) is 4.79 Å². The lowest BCUT2D eigenvalue weighted by molar-refractivity contribution is -0.329. The van der Waals surface area contributed by atoms with Crippen molar-refractivity contribution in [3.05, 3.63) is 173 Å². The van der Waals surface area contributed by atoms with Crippen LogP contribution in [0.4, 0.5) is 0 Å². The zero-order valence-corrected chi connectivity index (χ0v) is 44.5. The van der Waals surface area contributed by atoms with Gasteiger partial charge in [0.25, 0.3) is 0 Å². The summed E-state index contributed by atoms with van der Waals surface area (Å²) < 4.78 is 60.7. The van der Waals surface area contributed by atoms with E-state index in [0.717, 1.165) is 86.0 Å². The number of hydrogen-bond donors (Lipinski definition) is 1. The van der Waals surface area contributed by atoms with Crippen LogP contribution in [-0.2, 0) is 75.5 Å². The highest BCUT2D eigenvalue weighted by molar-refractivity contribution is 5.76. The Balaban J connectivity index is 1.12. The number of hydrogen-bond acceptors (Lipinski definition) is 10. The second-order valence-corrected chi connectivity index (χ2v) is 20.2. The fourth-order valence-electron chi connectivity index (χ4n) is 9.69. The van der Waals surface area contributed by atoms with E-state index >= 15 is 0 Å². The molecule has 74 heavy (non-hydrogen) atoms. The molecule has 8 atom stereocenters. The lowest BCUT2D eigenvalue weighted by Crippen LogP contribution is -2.62. The van der Waals surface area contributed by atoms with Gasteiger partial charge in [0.2, 0.25) is 5.91 Å². The molecule has 2 heterocycles. The topological polar surface area (TPSA) is 112 Å². The number of benzene rings is 5. The molecule has 11 nitrogen and oxygen atoms in total. The number of carbonyl (C=O) groups is 1. The summed E-state index contributed by atoms with van der Waals surface area (Å²) in [5.74, 6) is -0.0275. The number of nitrogens with one attached hydrogen (secondary N) is 1. The fraction of sp³-hybridized carbons (Fsp3) is 0.508. The Bertz CT molecular complexity index is 2270. The third-order valence-electron chi connectivity index (χ3n) is 13.6. The molecule has 1 amide bonds. The maximum absolute atomic E-state index is 14.1. The number of unbranched alkanes of at least 4 members (excludes halogenated alkanes) is 6. The Hall–Kier alpha value is -4.95. The van der Waals surface area contributed by atoms with E-state index in [-0.39, 0.29) is 31.8 Å². The predicted octanol–water partition coefficient (Wildman–Crippen LogP) is 12.7. The molecule has 2 saturated heterocycles. The molecule has 5 aromatic carbocycles. The van der Waals surface area contributed by atoms with Gasteiger partial charge >= 0.3 is 0 Å². The molecule has 2 aliphatic heterocycles. The molecule has 7 rings (SSSR count). The molecule has 5 unspecified atom stereocenters. The molecule has 400 valence electrons. The minimum absolute atomic E-state index is 0.0571. The molecule has 0 saturated carbocycles. The lowest BCUT2D eigenvalue weighted by Gasteiger charge is -2.46. The second-order valence-electron chi connectivity index (χ2n) is 20.2. The average molecular weight is 1010 g/mol. The van der Waals surface area contributed by atoms with Gasteiger partial charge < -0.3 is 47.9 Å². The molecular formula is C63H83NO10. The maximum atomic E-state index is 14.1. The zero-order chi connectivity index (χ0) is 51.6. The number of amides is 1. The first kappa shape index (κ1) is 56.8. The Kier molecular flexibility index (Phi) is 23.9. The normalized spacial score (nSPS) is 21.8. The van der Waals surface area contributed by atoms with Gasteiger partial charge in [-0.25, -0.2) is 0 Å². The van der Waals surface area contributed by atoms with Crippen LogP contribution in [0, 0.1) is 0 Å². The molecule has 2 aliphatic rings. The Labute approximate surface area is 441 Å². The number of ether oxygens (including phenoxy) is 9. The third-order valence-corrected chi connectivity index (χ3v) is 13.6. The molecule has 11 heteroatoms. The van der Waals surface area contributed by atoms with Crippen LogP contribution in [0.15, 0.2) is 146 Å². The van der Waals surface area contributed by atoms with Crippen LogP contribution in [0.5, 0.6) is 5.75 Å². The lowest BCUT2D eigenvalue weighted by atomic mass is 9.97. The van der Waals surface area contributed by atoms with Crippen molar-refractivity contribution in [2.75, 3.05) is 19.8 Å². The molecule has 0 spiro atoms. The largest absolute Gasteiger partial charge is 0.494 e. The van der Waals surface area contributed by atoms with Crippen molar-refractivity contribution < 1.29 is 47.4 Å². The van der Waals surface area contributed by atoms with Gasteiger partial charge in [0.15, 0.2) is 12.1 Å². The summed E-state index contributed by atoms with van der Waals surface area (Å²) in [6.45, 7) is 10.5. The zero-order valence-electron chi connectivity index (χ0n) is 44.5. The van der Waals surface area contributed by atoms with Crippen molar-refractivity contribution >= 4 is 5.91 Å². The minimum Gasteiger partial charge on any atom is -0.494 e. The molecule has 1 N–H and O–H groups in total. The van der Waals surface area contributed by atoms with Crippen LogP contribution in [-0.4, -0.2) is 80.5 Å². The van der Waals surface area contributed by atoms with Crippen molar-refractivity contribution in [1.82, 2.24) is 5.32 Å². The second kappa shape index (κ2) is 31.2. The van der Waals surface area contributed by atoms with E-state index in [2.05, 4.69) is 43.4 Å². The Morgan fingerprint density at radius 3 is 1.70 bits per heavy atom. The highest BCUT2D eigenvalue weighted by atomic mass is 16.8. The van der Waals surface area contributed by atoms with Gasteiger partial charge in [-0.1, -0.05) is 186 Å². The maximum Gasteiger partial charge on any atom is 0.220 e. The summed E-state index contributed by atoms with van der Waals surface area (Å²) >= 11 is 0. The van der Waals surface area contributed by atoms with Crippen molar-refractivity contribution in [3.8, 4) is 5.75 Å². The monoisotopic (exact) mass is 1010 g/mol. The van der Waals surface area contributed by atoms with Gasteiger partial charge in [-0.15, -0.1) is 0 Å². The molecule has 0 bridgehead atoms. The van der Waals surface area contributed by atoms with E-state index in [0.29, 0.717) is 26.2 Å². The third kappa shape index (κ3) is 19.0. The van der Waals surface area contributed by atoms with E-state index in [1.165, 1.54) is 24.8 Å². The molecule has 0 aromatic heterocycles. The number of carbonyl (C=O) groups excluding carboxylic acids is 1. The summed E-state index contributed by atoms with van der Waals surface area (Å²) in [4.78, 5) is 14.1. The highest BCUT2D eigenvalue weighted by Gasteiger charge is 2.51. The van der Waals surface area contributed by atoms with Gasteiger partial charge in [0.1, 0.15) is 36.3 Å². The first-order valence-electron chi connectivity index (χ1n) is 27.5. The minimum atomic E-state index is -0.965. The quantitative estimate of drug-likeness (QED) is 0.0408. The molecule has 0 aliphatic carbocycles. The van der Waals surface area contributed by atoms with E-state index in [1.807, 2.05) is 135 Å². The predicted molar refractivity (Wildman–Crippen MR) is 289 cm³/mol. The molecular weight excluding hydrogens is 931 g/mol. The average Bonchev–Trinajstić information content (AvgIpc) is 3.74. The van der Waals surface area contributed by atoms with Gasteiger partial charge in [-0.2, -0.15) is 0 Å². The van der Waals surface area contributed by atoms with Crippen LogP contribution in [0.1, 0.15) is 126 Å². The number of rotatable bonds is 33. The highest BCUT2D eigenvalue weighted by Crippen LogP contribution is 2.35. The van der Waals surface area contributed by atoms with Crippen LogP contribution in [0.3, 0.4) is 0 Å². The van der Waals surface area contributed by atoms with Crippen molar-refractivity contribution in [1.29, 1.82) is 0 Å². The van der Waals surface area contributed by atoms with E-state index in [9.17, 15) is 4.79 Å². The van der Waals surface area contributed by atoms with Crippen LogP contribution < -0.4 is 10.1 Å². The summed E-state index contributed by atoms with van der Waals surface area (Å²) in [6, 6.07) is 48.1.